The number of benzene rings is 1. The Morgan fingerprint density at radius 2 is 1.95 bits per heavy atom. The molecule has 3 rings (SSSR count). The van der Waals surface area contributed by atoms with Crippen LogP contribution < -0.4 is 10.3 Å². The second-order valence-electron chi connectivity index (χ2n) is 4.24. The normalized spacial score (nSPS) is 15.2. The number of carbonyl (C=O) groups is 1. The molecular formula is C14H9NO5. The van der Waals surface area contributed by atoms with E-state index in [9.17, 15) is 19.9 Å². The van der Waals surface area contributed by atoms with Crippen LogP contribution in [-0.2, 0) is 0 Å². The molecule has 0 amide bonds. The number of Topliss-reactive ketones (excluding diaryl/α,β-unsaturated/α-hetero) is 1. The Bertz CT molecular complexity index is 803. The molecule has 20 heavy (non-hydrogen) atoms. The van der Waals surface area contributed by atoms with Gasteiger partial charge in [0, 0.05) is 6.07 Å². The summed E-state index contributed by atoms with van der Waals surface area (Å²) in [4.78, 5) is 23.1. The Labute approximate surface area is 112 Å². The first kappa shape index (κ1) is 12.0. The second kappa shape index (κ2) is 4.27. The quantitative estimate of drug-likeness (QED) is 0.604. The summed E-state index contributed by atoms with van der Waals surface area (Å²) in [5.41, 5.74) is -0.0504. The Morgan fingerprint density at radius 3 is 2.65 bits per heavy atom. The highest BCUT2D eigenvalue weighted by Gasteiger charge is 2.30. The Hall–Kier alpha value is -3.02. The summed E-state index contributed by atoms with van der Waals surface area (Å²) in [6.07, 6.45) is 2.54. The number of rotatable bonds is 1. The number of ketones is 1. The van der Waals surface area contributed by atoms with E-state index in [1.54, 1.807) is 12.1 Å². The molecule has 0 saturated carbocycles. The summed E-state index contributed by atoms with van der Waals surface area (Å²) in [5, 5.41) is 18.9. The molecule has 2 heterocycles. The van der Waals surface area contributed by atoms with Gasteiger partial charge in [-0.2, -0.15) is 4.73 Å². The molecule has 0 spiro atoms. The van der Waals surface area contributed by atoms with Crippen molar-refractivity contribution in [2.75, 3.05) is 0 Å². The average Bonchev–Trinajstić information content (AvgIpc) is 2.72. The number of phenolic OH excluding ortho intramolecular Hbond substituents is 1. The van der Waals surface area contributed by atoms with Gasteiger partial charge in [0.25, 0.3) is 5.56 Å². The minimum Gasteiger partial charge on any atom is -0.507 e. The third-order valence-corrected chi connectivity index (χ3v) is 2.89. The van der Waals surface area contributed by atoms with Gasteiger partial charge in [-0.3, -0.25) is 9.59 Å². The van der Waals surface area contributed by atoms with E-state index in [-0.39, 0.29) is 22.8 Å². The van der Waals surface area contributed by atoms with Crippen molar-refractivity contribution in [2.24, 2.45) is 0 Å². The number of ether oxygens (including phenoxy) is 1. The van der Waals surface area contributed by atoms with E-state index in [1.165, 1.54) is 18.2 Å². The van der Waals surface area contributed by atoms with Gasteiger partial charge in [-0.05, 0) is 29.8 Å². The van der Waals surface area contributed by atoms with E-state index in [2.05, 4.69) is 0 Å². The van der Waals surface area contributed by atoms with E-state index in [0.717, 1.165) is 12.3 Å². The van der Waals surface area contributed by atoms with Crippen molar-refractivity contribution >= 4 is 11.9 Å². The maximum absolute atomic E-state index is 12.1. The van der Waals surface area contributed by atoms with E-state index in [4.69, 9.17) is 4.74 Å². The van der Waals surface area contributed by atoms with Gasteiger partial charge >= 0.3 is 0 Å². The zero-order valence-corrected chi connectivity index (χ0v) is 10.1. The lowest BCUT2D eigenvalue weighted by molar-refractivity contribution is 0.101. The maximum Gasteiger partial charge on any atom is 0.282 e. The molecule has 0 unspecified atom stereocenters. The lowest BCUT2D eigenvalue weighted by Crippen LogP contribution is -2.15. The molecule has 2 aromatic rings. The number of pyridine rings is 1. The molecule has 0 radical (unpaired) electrons. The van der Waals surface area contributed by atoms with Gasteiger partial charge in [0.1, 0.15) is 17.1 Å². The molecule has 2 N–H and O–H groups in total. The molecular weight excluding hydrogens is 262 g/mol. The van der Waals surface area contributed by atoms with Crippen LogP contribution in [0, 0.1) is 0 Å². The molecule has 1 aliphatic rings. The summed E-state index contributed by atoms with van der Waals surface area (Å²) < 4.78 is 5.77. The largest absolute Gasteiger partial charge is 0.507 e. The number of allylic oxidation sites excluding steroid dienone is 1. The first-order valence-corrected chi connectivity index (χ1v) is 5.74. The Morgan fingerprint density at radius 1 is 1.15 bits per heavy atom. The number of phenols is 1. The number of nitrogens with zero attached hydrogens (tertiary/aromatic N) is 1. The Balaban J connectivity index is 2.03. The monoisotopic (exact) mass is 271 g/mol. The predicted octanol–water partition coefficient (Wildman–Crippen LogP) is 1.41. The molecule has 6 nitrogen and oxygen atoms in total. The fraction of sp³-hybridized carbons (Fsp3) is 0. The van der Waals surface area contributed by atoms with Gasteiger partial charge in [0.15, 0.2) is 5.76 Å². The van der Waals surface area contributed by atoms with Crippen molar-refractivity contribution in [1.29, 1.82) is 0 Å². The van der Waals surface area contributed by atoms with Crippen LogP contribution in [0.3, 0.4) is 0 Å². The lowest BCUT2D eigenvalue weighted by Gasteiger charge is -1.99. The topological polar surface area (TPSA) is 88.8 Å². The van der Waals surface area contributed by atoms with Crippen LogP contribution in [0.1, 0.15) is 15.9 Å². The molecule has 6 heteroatoms. The maximum atomic E-state index is 12.1. The standard InChI is InChI=1S/C14H9NO5/c16-9-2-1-3-10-13(9)14(18)11(20-10)6-8-4-5-12(17)15(19)7-8/h1-7,16,19H/b11-6-. The lowest BCUT2D eigenvalue weighted by atomic mass is 10.1. The van der Waals surface area contributed by atoms with Crippen LogP contribution in [0.2, 0.25) is 0 Å². The van der Waals surface area contributed by atoms with Crippen LogP contribution in [-0.4, -0.2) is 20.8 Å². The fourth-order valence-electron chi connectivity index (χ4n) is 1.94. The summed E-state index contributed by atoms with van der Waals surface area (Å²) in [5.74, 6) is -0.310. The molecule has 0 fully saturated rings. The number of hydrogen-bond donors (Lipinski definition) is 2. The van der Waals surface area contributed by atoms with Crippen molar-refractivity contribution in [3.8, 4) is 11.5 Å². The summed E-state index contributed by atoms with van der Waals surface area (Å²) in [6, 6.07) is 7.15. The molecule has 0 saturated heterocycles. The zero-order valence-electron chi connectivity index (χ0n) is 10.1. The number of aromatic hydroxyl groups is 1. The van der Waals surface area contributed by atoms with Gasteiger partial charge in [-0.25, -0.2) is 0 Å². The highest BCUT2D eigenvalue weighted by atomic mass is 16.5. The first-order valence-electron chi connectivity index (χ1n) is 5.74. The molecule has 1 aromatic carbocycles. The van der Waals surface area contributed by atoms with Crippen molar-refractivity contribution in [3.05, 3.63) is 63.8 Å². The van der Waals surface area contributed by atoms with E-state index >= 15 is 0 Å². The van der Waals surface area contributed by atoms with Crippen LogP contribution in [0.5, 0.6) is 11.5 Å². The van der Waals surface area contributed by atoms with Crippen LogP contribution in [0.15, 0.2) is 47.1 Å². The van der Waals surface area contributed by atoms with Gasteiger partial charge in [-0.15, -0.1) is 0 Å². The highest BCUT2D eigenvalue weighted by molar-refractivity contribution is 6.16. The van der Waals surface area contributed by atoms with Gasteiger partial charge in [0.05, 0.1) is 6.20 Å². The minimum absolute atomic E-state index is 0.0140. The van der Waals surface area contributed by atoms with Crippen molar-refractivity contribution in [1.82, 2.24) is 4.73 Å². The second-order valence-corrected chi connectivity index (χ2v) is 4.24. The number of hydrogen-bond acceptors (Lipinski definition) is 5. The fourth-order valence-corrected chi connectivity index (χ4v) is 1.94. The zero-order chi connectivity index (χ0) is 14.3. The highest BCUT2D eigenvalue weighted by Crippen LogP contribution is 2.37. The van der Waals surface area contributed by atoms with Crippen LogP contribution in [0.4, 0.5) is 0 Å². The van der Waals surface area contributed by atoms with Crippen molar-refractivity contribution in [2.45, 2.75) is 0 Å². The number of carbonyl (C=O) groups excluding carboxylic acids is 1. The summed E-state index contributed by atoms with van der Waals surface area (Å²) >= 11 is 0. The van der Waals surface area contributed by atoms with Crippen molar-refractivity contribution < 1.29 is 19.8 Å². The first-order chi connectivity index (χ1) is 9.56. The van der Waals surface area contributed by atoms with E-state index in [1.807, 2.05) is 0 Å². The minimum atomic E-state index is -0.577. The predicted molar refractivity (Wildman–Crippen MR) is 68.9 cm³/mol. The van der Waals surface area contributed by atoms with Gasteiger partial charge in [-0.1, -0.05) is 6.07 Å². The number of aromatic nitrogens is 1. The molecule has 0 atom stereocenters. The molecule has 1 aromatic heterocycles. The van der Waals surface area contributed by atoms with Crippen molar-refractivity contribution in [3.63, 3.8) is 0 Å². The van der Waals surface area contributed by atoms with Crippen LogP contribution in [0.25, 0.3) is 6.08 Å². The SMILES string of the molecule is O=C1/C(=C/c2ccc(=O)n(O)c2)Oc2cccc(O)c21. The smallest absolute Gasteiger partial charge is 0.282 e. The Kier molecular flexibility index (Phi) is 2.57. The van der Waals surface area contributed by atoms with Crippen LogP contribution >= 0.6 is 0 Å². The van der Waals surface area contributed by atoms with E-state index < -0.39 is 11.3 Å². The summed E-state index contributed by atoms with van der Waals surface area (Å²) in [6.45, 7) is 0. The molecule has 100 valence electrons. The van der Waals surface area contributed by atoms with E-state index in [0.29, 0.717) is 10.3 Å². The third-order valence-electron chi connectivity index (χ3n) is 2.89. The molecule has 0 bridgehead atoms. The number of fused-ring (bicyclic) bond motifs is 1. The van der Waals surface area contributed by atoms with Gasteiger partial charge in [0.2, 0.25) is 5.78 Å². The summed E-state index contributed by atoms with van der Waals surface area (Å²) in [7, 11) is 0. The van der Waals surface area contributed by atoms with Gasteiger partial charge < -0.3 is 15.1 Å². The molecule has 0 aliphatic carbocycles. The molecule has 1 aliphatic heterocycles. The third kappa shape index (κ3) is 1.83. The average molecular weight is 271 g/mol.